The van der Waals surface area contributed by atoms with Gasteiger partial charge in [-0.1, -0.05) is 41.7 Å². The summed E-state index contributed by atoms with van der Waals surface area (Å²) in [6.07, 6.45) is 2.03. The molecule has 1 aromatic heterocycles. The van der Waals surface area contributed by atoms with Crippen molar-refractivity contribution in [1.82, 2.24) is 4.90 Å². The molecule has 0 spiro atoms. The third-order valence-corrected chi connectivity index (χ3v) is 4.23. The number of rotatable bonds is 6. The summed E-state index contributed by atoms with van der Waals surface area (Å²) < 4.78 is 0. The molecule has 2 aromatic rings. The monoisotopic (exact) mass is 302 g/mol. The molecule has 0 N–H and O–H groups in total. The largest absolute Gasteiger partial charge is 0.372 e. The van der Waals surface area contributed by atoms with Gasteiger partial charge in [-0.25, -0.2) is 0 Å². The molecule has 0 unspecified atom stereocenters. The van der Waals surface area contributed by atoms with Crippen LogP contribution in [0.1, 0.15) is 24.3 Å². The van der Waals surface area contributed by atoms with Gasteiger partial charge in [0.05, 0.1) is 4.92 Å². The second-order valence-corrected chi connectivity index (χ2v) is 5.59. The van der Waals surface area contributed by atoms with Gasteiger partial charge in [0, 0.05) is 29.7 Å². The lowest BCUT2D eigenvalue weighted by Crippen LogP contribution is -2.21. The Labute approximate surface area is 128 Å². The third kappa shape index (κ3) is 3.70. The number of thiophene rings is 1. The van der Waals surface area contributed by atoms with Gasteiger partial charge in [-0.15, -0.1) is 0 Å². The van der Waals surface area contributed by atoms with Gasteiger partial charge in [0.15, 0.2) is 0 Å². The standard InChI is InChI=1S/C16H18N2O2S/c1-3-17(4-2)15(13-8-6-5-7-9-13)12-14-10-11-16(21-14)18(19)20/h5-12H,3-4H2,1-2H3/b15-12-. The summed E-state index contributed by atoms with van der Waals surface area (Å²) in [5.41, 5.74) is 2.22. The number of hydrogen-bond acceptors (Lipinski definition) is 4. The molecule has 0 saturated heterocycles. The summed E-state index contributed by atoms with van der Waals surface area (Å²) in [4.78, 5) is 13.6. The van der Waals surface area contributed by atoms with Crippen LogP contribution >= 0.6 is 11.3 Å². The van der Waals surface area contributed by atoms with E-state index in [1.165, 1.54) is 11.3 Å². The smallest absolute Gasteiger partial charge is 0.324 e. The van der Waals surface area contributed by atoms with Gasteiger partial charge >= 0.3 is 5.00 Å². The molecule has 0 aliphatic carbocycles. The summed E-state index contributed by atoms with van der Waals surface area (Å²) in [6, 6.07) is 13.5. The predicted octanol–water partition coefficient (Wildman–Crippen LogP) is 4.50. The highest BCUT2D eigenvalue weighted by Gasteiger charge is 2.12. The van der Waals surface area contributed by atoms with Crippen LogP contribution in [0, 0.1) is 10.1 Å². The quantitative estimate of drug-likeness (QED) is 0.583. The van der Waals surface area contributed by atoms with Crippen LogP contribution < -0.4 is 0 Å². The van der Waals surface area contributed by atoms with Crippen LogP contribution in [0.25, 0.3) is 11.8 Å². The van der Waals surface area contributed by atoms with Crippen molar-refractivity contribution in [3.63, 3.8) is 0 Å². The minimum absolute atomic E-state index is 0.174. The fourth-order valence-electron chi connectivity index (χ4n) is 2.18. The van der Waals surface area contributed by atoms with Crippen molar-refractivity contribution < 1.29 is 4.92 Å². The fraction of sp³-hybridized carbons (Fsp3) is 0.250. The molecular formula is C16H18N2O2S. The van der Waals surface area contributed by atoms with E-state index in [0.717, 1.165) is 29.2 Å². The molecule has 0 aliphatic rings. The van der Waals surface area contributed by atoms with Crippen molar-refractivity contribution >= 4 is 28.1 Å². The summed E-state index contributed by atoms with van der Waals surface area (Å²) in [7, 11) is 0. The number of nitro groups is 1. The first-order valence-electron chi connectivity index (χ1n) is 6.92. The van der Waals surface area contributed by atoms with Crippen LogP contribution in [-0.4, -0.2) is 22.9 Å². The normalized spacial score (nSPS) is 11.4. The molecule has 0 saturated carbocycles. The molecule has 2 rings (SSSR count). The molecule has 0 radical (unpaired) electrons. The van der Waals surface area contributed by atoms with Crippen LogP contribution in [0.2, 0.25) is 0 Å². The minimum Gasteiger partial charge on any atom is -0.372 e. The Kier molecular flexibility index (Phi) is 5.11. The highest BCUT2D eigenvalue weighted by atomic mass is 32.1. The second kappa shape index (κ2) is 7.04. The van der Waals surface area contributed by atoms with E-state index < -0.39 is 0 Å². The van der Waals surface area contributed by atoms with Gasteiger partial charge in [-0.3, -0.25) is 10.1 Å². The molecule has 0 amide bonds. The third-order valence-electron chi connectivity index (χ3n) is 3.25. The molecule has 110 valence electrons. The van der Waals surface area contributed by atoms with Crippen molar-refractivity contribution in [1.29, 1.82) is 0 Å². The Morgan fingerprint density at radius 2 is 1.86 bits per heavy atom. The molecule has 1 heterocycles. The van der Waals surface area contributed by atoms with E-state index in [2.05, 4.69) is 30.9 Å². The maximum Gasteiger partial charge on any atom is 0.324 e. The minimum atomic E-state index is -0.346. The van der Waals surface area contributed by atoms with Gasteiger partial charge in [0.2, 0.25) is 0 Å². The van der Waals surface area contributed by atoms with Crippen LogP contribution in [-0.2, 0) is 0 Å². The van der Waals surface area contributed by atoms with Gasteiger partial charge in [0.1, 0.15) is 0 Å². The molecule has 21 heavy (non-hydrogen) atoms. The van der Waals surface area contributed by atoms with Crippen molar-refractivity contribution in [2.24, 2.45) is 0 Å². The number of hydrogen-bond donors (Lipinski definition) is 0. The topological polar surface area (TPSA) is 46.4 Å². The zero-order chi connectivity index (χ0) is 15.2. The zero-order valence-corrected chi connectivity index (χ0v) is 13.0. The van der Waals surface area contributed by atoms with Crippen LogP contribution in [0.5, 0.6) is 0 Å². The predicted molar refractivity (Wildman–Crippen MR) is 88.2 cm³/mol. The Morgan fingerprint density at radius 3 is 2.38 bits per heavy atom. The highest BCUT2D eigenvalue weighted by molar-refractivity contribution is 7.16. The summed E-state index contributed by atoms with van der Waals surface area (Å²) >= 11 is 1.20. The molecule has 0 aliphatic heterocycles. The van der Waals surface area contributed by atoms with E-state index in [-0.39, 0.29) is 9.92 Å². The van der Waals surface area contributed by atoms with E-state index in [1.54, 1.807) is 12.1 Å². The molecule has 0 fully saturated rings. The Balaban J connectivity index is 2.43. The first-order valence-corrected chi connectivity index (χ1v) is 7.73. The van der Waals surface area contributed by atoms with E-state index in [1.807, 2.05) is 24.3 Å². The average Bonchev–Trinajstić information content (AvgIpc) is 2.97. The molecule has 4 nitrogen and oxygen atoms in total. The molecule has 1 aromatic carbocycles. The van der Waals surface area contributed by atoms with Crippen molar-refractivity contribution in [3.05, 3.63) is 63.0 Å². The second-order valence-electron chi connectivity index (χ2n) is 4.50. The molecule has 5 heteroatoms. The number of benzene rings is 1. The fourth-order valence-corrected chi connectivity index (χ4v) is 2.94. The Bertz CT molecular complexity index is 631. The Hall–Kier alpha value is -2.14. The lowest BCUT2D eigenvalue weighted by Gasteiger charge is -2.24. The maximum absolute atomic E-state index is 10.8. The molecular weight excluding hydrogens is 284 g/mol. The lowest BCUT2D eigenvalue weighted by molar-refractivity contribution is -0.380. The van der Waals surface area contributed by atoms with Crippen LogP contribution in [0.15, 0.2) is 42.5 Å². The zero-order valence-electron chi connectivity index (χ0n) is 12.2. The van der Waals surface area contributed by atoms with Gasteiger partial charge < -0.3 is 4.90 Å². The lowest BCUT2D eigenvalue weighted by atomic mass is 10.1. The van der Waals surface area contributed by atoms with E-state index >= 15 is 0 Å². The number of nitrogens with zero attached hydrogens (tertiary/aromatic N) is 2. The highest BCUT2D eigenvalue weighted by Crippen LogP contribution is 2.29. The SMILES string of the molecule is CCN(CC)/C(=C\c1ccc([N+](=O)[O-])s1)c1ccccc1. The molecule has 0 bridgehead atoms. The van der Waals surface area contributed by atoms with Crippen LogP contribution in [0.4, 0.5) is 5.00 Å². The molecule has 0 atom stereocenters. The van der Waals surface area contributed by atoms with E-state index in [0.29, 0.717) is 0 Å². The van der Waals surface area contributed by atoms with Gasteiger partial charge in [-0.2, -0.15) is 0 Å². The van der Waals surface area contributed by atoms with E-state index in [4.69, 9.17) is 0 Å². The van der Waals surface area contributed by atoms with Gasteiger partial charge in [0.25, 0.3) is 0 Å². The Morgan fingerprint density at radius 1 is 1.19 bits per heavy atom. The average molecular weight is 302 g/mol. The first kappa shape index (κ1) is 15.3. The summed E-state index contributed by atoms with van der Waals surface area (Å²) in [6.45, 7) is 6.00. The van der Waals surface area contributed by atoms with Gasteiger partial charge in [-0.05, 0) is 31.6 Å². The summed E-state index contributed by atoms with van der Waals surface area (Å²) in [5.74, 6) is 0. The van der Waals surface area contributed by atoms with Crippen LogP contribution in [0.3, 0.4) is 0 Å². The summed E-state index contributed by atoms with van der Waals surface area (Å²) in [5, 5.41) is 11.0. The first-order chi connectivity index (χ1) is 10.2. The van der Waals surface area contributed by atoms with E-state index in [9.17, 15) is 10.1 Å². The maximum atomic E-state index is 10.8. The van der Waals surface area contributed by atoms with Crippen molar-refractivity contribution in [2.75, 3.05) is 13.1 Å². The van der Waals surface area contributed by atoms with Crippen molar-refractivity contribution in [2.45, 2.75) is 13.8 Å². The van der Waals surface area contributed by atoms with Crippen molar-refractivity contribution in [3.8, 4) is 0 Å².